The number of hydrogen-bond donors (Lipinski definition) is 1. The van der Waals surface area contributed by atoms with Gasteiger partial charge in [-0.3, -0.25) is 0 Å². The van der Waals surface area contributed by atoms with Gasteiger partial charge in [0.05, 0.1) is 12.3 Å². The number of benzene rings is 2. The van der Waals surface area contributed by atoms with E-state index in [4.69, 9.17) is 21.8 Å². The number of fused-ring (bicyclic) bond motifs is 1. The van der Waals surface area contributed by atoms with Gasteiger partial charge in [0.15, 0.2) is 0 Å². The molecule has 1 aromatic heterocycles. The lowest BCUT2D eigenvalue weighted by Gasteiger charge is -2.12. The van der Waals surface area contributed by atoms with E-state index in [1.165, 1.54) is 6.07 Å². The smallest absolute Gasteiger partial charge is 0.134 e. The number of rotatable bonds is 2. The van der Waals surface area contributed by atoms with E-state index < -0.39 is 11.9 Å². The van der Waals surface area contributed by atoms with Crippen molar-refractivity contribution in [3.63, 3.8) is 0 Å². The van der Waals surface area contributed by atoms with Crippen LogP contribution in [0, 0.1) is 5.82 Å². The maximum absolute atomic E-state index is 13.9. The topological polar surface area (TPSA) is 39.2 Å². The monoisotopic (exact) mass is 275 g/mol. The standard InChI is InChI=1S/C15H11ClFNO/c16-9-5-6-11(13(17)7-9)15(18)12-8-19-14-4-2-1-3-10(12)14/h1-8,15H,18H2. The first kappa shape index (κ1) is 12.2. The number of furan rings is 1. The van der Waals surface area contributed by atoms with Gasteiger partial charge in [-0.2, -0.15) is 0 Å². The number of para-hydroxylation sites is 1. The molecule has 0 radical (unpaired) electrons. The molecule has 0 saturated carbocycles. The Kier molecular flexibility index (Phi) is 3.01. The van der Waals surface area contributed by atoms with E-state index in [1.807, 2.05) is 24.3 Å². The third-order valence-corrected chi connectivity index (χ3v) is 3.38. The Bertz CT molecular complexity index is 738. The van der Waals surface area contributed by atoms with Crippen LogP contribution in [-0.4, -0.2) is 0 Å². The average molecular weight is 276 g/mol. The van der Waals surface area contributed by atoms with Crippen molar-refractivity contribution in [2.24, 2.45) is 5.73 Å². The zero-order chi connectivity index (χ0) is 13.4. The molecular formula is C15H11ClFNO. The van der Waals surface area contributed by atoms with Crippen molar-refractivity contribution in [3.05, 3.63) is 70.7 Å². The Morgan fingerprint density at radius 3 is 2.68 bits per heavy atom. The number of halogens is 2. The summed E-state index contributed by atoms with van der Waals surface area (Å²) < 4.78 is 19.3. The van der Waals surface area contributed by atoms with Crippen molar-refractivity contribution >= 4 is 22.6 Å². The molecule has 1 atom stereocenters. The molecule has 2 aromatic carbocycles. The van der Waals surface area contributed by atoms with Crippen molar-refractivity contribution in [3.8, 4) is 0 Å². The molecule has 4 heteroatoms. The Labute approximate surface area is 114 Å². The van der Waals surface area contributed by atoms with Crippen LogP contribution in [0.25, 0.3) is 11.0 Å². The van der Waals surface area contributed by atoms with Crippen LogP contribution in [-0.2, 0) is 0 Å². The SMILES string of the molecule is NC(c1ccc(Cl)cc1F)c1coc2ccccc12. The summed E-state index contributed by atoms with van der Waals surface area (Å²) in [6.45, 7) is 0. The highest BCUT2D eigenvalue weighted by atomic mass is 35.5. The fourth-order valence-corrected chi connectivity index (χ4v) is 2.32. The van der Waals surface area contributed by atoms with Crippen molar-refractivity contribution in [2.75, 3.05) is 0 Å². The van der Waals surface area contributed by atoms with Crippen molar-refractivity contribution in [2.45, 2.75) is 6.04 Å². The van der Waals surface area contributed by atoms with Gasteiger partial charge in [-0.05, 0) is 18.2 Å². The van der Waals surface area contributed by atoms with E-state index in [0.717, 1.165) is 16.5 Å². The fraction of sp³-hybridized carbons (Fsp3) is 0.0667. The minimum absolute atomic E-state index is 0.352. The van der Waals surface area contributed by atoms with E-state index >= 15 is 0 Å². The lowest BCUT2D eigenvalue weighted by Crippen LogP contribution is -2.13. The Hall–Kier alpha value is -1.84. The summed E-state index contributed by atoms with van der Waals surface area (Å²) in [6, 6.07) is 11.4. The Morgan fingerprint density at radius 1 is 1.11 bits per heavy atom. The van der Waals surface area contributed by atoms with Crippen LogP contribution in [0.2, 0.25) is 5.02 Å². The van der Waals surface area contributed by atoms with Gasteiger partial charge in [-0.25, -0.2) is 4.39 Å². The van der Waals surface area contributed by atoms with Gasteiger partial charge >= 0.3 is 0 Å². The molecular weight excluding hydrogens is 265 g/mol. The van der Waals surface area contributed by atoms with E-state index in [2.05, 4.69) is 0 Å². The van der Waals surface area contributed by atoms with Gasteiger partial charge in [0.2, 0.25) is 0 Å². The van der Waals surface area contributed by atoms with Crippen molar-refractivity contribution in [1.82, 2.24) is 0 Å². The van der Waals surface area contributed by atoms with Crippen molar-refractivity contribution < 1.29 is 8.81 Å². The third kappa shape index (κ3) is 2.11. The van der Waals surface area contributed by atoms with Gasteiger partial charge in [0, 0.05) is 21.5 Å². The molecule has 0 aliphatic heterocycles. The molecule has 3 rings (SSSR count). The molecule has 0 amide bonds. The molecule has 0 bridgehead atoms. The summed E-state index contributed by atoms with van der Waals surface area (Å²) in [4.78, 5) is 0. The zero-order valence-electron chi connectivity index (χ0n) is 9.94. The van der Waals surface area contributed by atoms with Crippen LogP contribution in [0.1, 0.15) is 17.2 Å². The van der Waals surface area contributed by atoms with Crippen LogP contribution >= 0.6 is 11.6 Å². The fourth-order valence-electron chi connectivity index (χ4n) is 2.16. The molecule has 0 aliphatic rings. The molecule has 3 aromatic rings. The van der Waals surface area contributed by atoms with Crippen LogP contribution in [0.4, 0.5) is 4.39 Å². The number of hydrogen-bond acceptors (Lipinski definition) is 2. The van der Waals surface area contributed by atoms with Gasteiger partial charge in [-0.15, -0.1) is 0 Å². The van der Waals surface area contributed by atoms with Gasteiger partial charge in [0.1, 0.15) is 11.4 Å². The summed E-state index contributed by atoms with van der Waals surface area (Å²) >= 11 is 5.74. The lowest BCUT2D eigenvalue weighted by atomic mass is 9.99. The number of nitrogens with two attached hydrogens (primary N) is 1. The lowest BCUT2D eigenvalue weighted by molar-refractivity contribution is 0.589. The highest BCUT2D eigenvalue weighted by Gasteiger charge is 2.18. The predicted molar refractivity (Wildman–Crippen MR) is 73.7 cm³/mol. The van der Waals surface area contributed by atoms with E-state index in [0.29, 0.717) is 10.6 Å². The highest BCUT2D eigenvalue weighted by Crippen LogP contribution is 2.30. The summed E-state index contributed by atoms with van der Waals surface area (Å²) in [5.74, 6) is -0.412. The average Bonchev–Trinajstić information content (AvgIpc) is 2.82. The molecule has 2 N–H and O–H groups in total. The molecule has 0 aliphatic carbocycles. The molecule has 19 heavy (non-hydrogen) atoms. The molecule has 1 unspecified atom stereocenters. The molecule has 1 heterocycles. The van der Waals surface area contributed by atoms with Crippen molar-refractivity contribution in [1.29, 1.82) is 0 Å². The Balaban J connectivity index is 2.10. The summed E-state index contributed by atoms with van der Waals surface area (Å²) in [7, 11) is 0. The minimum Gasteiger partial charge on any atom is -0.464 e. The molecule has 2 nitrogen and oxygen atoms in total. The largest absolute Gasteiger partial charge is 0.464 e. The highest BCUT2D eigenvalue weighted by molar-refractivity contribution is 6.30. The first-order valence-electron chi connectivity index (χ1n) is 5.83. The molecule has 0 spiro atoms. The van der Waals surface area contributed by atoms with Crippen LogP contribution < -0.4 is 5.73 Å². The molecule has 96 valence electrons. The maximum Gasteiger partial charge on any atom is 0.134 e. The van der Waals surface area contributed by atoms with Gasteiger partial charge < -0.3 is 10.2 Å². The quantitative estimate of drug-likeness (QED) is 0.758. The molecule has 0 saturated heterocycles. The second kappa shape index (κ2) is 4.68. The second-order valence-electron chi connectivity index (χ2n) is 4.33. The first-order chi connectivity index (χ1) is 9.16. The summed E-state index contributed by atoms with van der Waals surface area (Å²) in [5, 5.41) is 1.25. The second-order valence-corrected chi connectivity index (χ2v) is 4.77. The van der Waals surface area contributed by atoms with E-state index in [1.54, 1.807) is 18.4 Å². The van der Waals surface area contributed by atoms with Crippen LogP contribution in [0.15, 0.2) is 53.1 Å². The van der Waals surface area contributed by atoms with Crippen LogP contribution in [0.5, 0.6) is 0 Å². The molecule has 0 fully saturated rings. The van der Waals surface area contributed by atoms with Crippen LogP contribution in [0.3, 0.4) is 0 Å². The predicted octanol–water partition coefficient (Wildman–Crippen LogP) is 4.27. The third-order valence-electron chi connectivity index (χ3n) is 3.14. The van der Waals surface area contributed by atoms with E-state index in [9.17, 15) is 4.39 Å². The Morgan fingerprint density at radius 2 is 1.89 bits per heavy atom. The van der Waals surface area contributed by atoms with Gasteiger partial charge in [0.25, 0.3) is 0 Å². The normalized spacial score (nSPS) is 12.8. The minimum atomic E-state index is -0.582. The van der Waals surface area contributed by atoms with E-state index in [-0.39, 0.29) is 0 Å². The maximum atomic E-state index is 13.9. The zero-order valence-corrected chi connectivity index (χ0v) is 10.7. The summed E-state index contributed by atoms with van der Waals surface area (Å²) in [5.41, 5.74) is 8.03. The summed E-state index contributed by atoms with van der Waals surface area (Å²) in [6.07, 6.45) is 1.57. The van der Waals surface area contributed by atoms with Gasteiger partial charge in [-0.1, -0.05) is 35.9 Å². The first-order valence-corrected chi connectivity index (χ1v) is 6.21.